The normalized spacial score (nSPS) is 14.3. The zero-order valence-electron chi connectivity index (χ0n) is 15.1. The van der Waals surface area contributed by atoms with Crippen molar-refractivity contribution in [2.24, 2.45) is 17.8 Å². The monoisotopic (exact) mass is 349 g/mol. The van der Waals surface area contributed by atoms with Crippen LogP contribution in [0.3, 0.4) is 0 Å². The lowest BCUT2D eigenvalue weighted by molar-refractivity contribution is -0.141. The van der Waals surface area contributed by atoms with Gasteiger partial charge >= 0.3 is 0 Å². The van der Waals surface area contributed by atoms with Gasteiger partial charge in [0.05, 0.1) is 5.92 Å². The van der Waals surface area contributed by atoms with Crippen LogP contribution in [0.1, 0.15) is 26.3 Å². The highest BCUT2D eigenvalue weighted by atomic mass is 16.5. The van der Waals surface area contributed by atoms with E-state index in [-0.39, 0.29) is 11.8 Å². The van der Waals surface area contributed by atoms with E-state index in [2.05, 4.69) is 10.6 Å². The van der Waals surface area contributed by atoms with Gasteiger partial charge in [-0.3, -0.25) is 19.6 Å². The molecule has 1 aromatic rings. The maximum absolute atomic E-state index is 12.7. The maximum Gasteiger partial charge on any atom is 0.246 e. The van der Waals surface area contributed by atoms with E-state index in [9.17, 15) is 14.4 Å². The van der Waals surface area contributed by atoms with Gasteiger partial charge in [-0.2, -0.15) is 0 Å². The van der Waals surface area contributed by atoms with Crippen molar-refractivity contribution in [3.05, 3.63) is 35.9 Å². The molecule has 0 aromatic heterocycles. The number of hydrogen-bond acceptors (Lipinski definition) is 4. The topological polar surface area (TPSA) is 108 Å². The molecule has 0 saturated carbocycles. The van der Waals surface area contributed by atoms with Gasteiger partial charge in [0, 0.05) is 19.4 Å². The van der Waals surface area contributed by atoms with Crippen molar-refractivity contribution in [1.82, 2.24) is 16.1 Å². The van der Waals surface area contributed by atoms with Crippen LogP contribution >= 0.6 is 0 Å². The molecule has 0 spiro atoms. The Hall–Kier alpha value is -2.41. The molecule has 0 saturated heterocycles. The molecule has 1 rings (SSSR count). The highest BCUT2D eigenvalue weighted by Gasteiger charge is 2.34. The van der Waals surface area contributed by atoms with Crippen molar-refractivity contribution < 1.29 is 19.6 Å². The zero-order chi connectivity index (χ0) is 19.0. The van der Waals surface area contributed by atoms with Crippen molar-refractivity contribution in [3.8, 4) is 0 Å². The SMILES string of the molecule is CNC(=O)[C@H](Cc1ccccc1)NC(=O)[C@H](C(C)C)[C@H](C)C(=O)NO. The van der Waals surface area contributed by atoms with E-state index in [0.717, 1.165) is 5.56 Å². The molecular formula is C18H27N3O4. The van der Waals surface area contributed by atoms with Gasteiger partial charge in [0.1, 0.15) is 6.04 Å². The van der Waals surface area contributed by atoms with Crippen LogP contribution in [-0.4, -0.2) is 36.0 Å². The largest absolute Gasteiger partial charge is 0.357 e. The van der Waals surface area contributed by atoms with Crippen LogP contribution in [0.25, 0.3) is 0 Å². The van der Waals surface area contributed by atoms with Crippen LogP contribution in [0.15, 0.2) is 30.3 Å². The molecule has 0 heterocycles. The molecule has 3 atom stereocenters. The first-order valence-corrected chi connectivity index (χ1v) is 8.31. The van der Waals surface area contributed by atoms with Gasteiger partial charge in [-0.05, 0) is 11.5 Å². The number of benzene rings is 1. The van der Waals surface area contributed by atoms with E-state index in [4.69, 9.17) is 5.21 Å². The van der Waals surface area contributed by atoms with Crippen LogP contribution < -0.4 is 16.1 Å². The van der Waals surface area contributed by atoms with E-state index in [0.29, 0.717) is 6.42 Å². The average Bonchev–Trinajstić information content (AvgIpc) is 2.60. The first-order chi connectivity index (χ1) is 11.8. The highest BCUT2D eigenvalue weighted by Crippen LogP contribution is 2.22. The Morgan fingerprint density at radius 3 is 2.08 bits per heavy atom. The molecule has 4 N–H and O–H groups in total. The number of hydrogen-bond donors (Lipinski definition) is 4. The minimum atomic E-state index is -0.745. The van der Waals surface area contributed by atoms with Crippen LogP contribution in [0, 0.1) is 17.8 Å². The summed E-state index contributed by atoms with van der Waals surface area (Å²) in [6.07, 6.45) is 0.345. The number of amides is 3. The van der Waals surface area contributed by atoms with Gasteiger partial charge < -0.3 is 10.6 Å². The summed E-state index contributed by atoms with van der Waals surface area (Å²) in [5, 5.41) is 14.1. The van der Waals surface area contributed by atoms with Crippen LogP contribution in [0.4, 0.5) is 0 Å². The van der Waals surface area contributed by atoms with Gasteiger partial charge in [0.15, 0.2) is 0 Å². The number of likely N-dealkylation sites (N-methyl/N-ethyl adjacent to an activating group) is 1. The summed E-state index contributed by atoms with van der Waals surface area (Å²) < 4.78 is 0. The third kappa shape index (κ3) is 5.86. The Balaban J connectivity index is 2.94. The van der Waals surface area contributed by atoms with E-state index in [1.54, 1.807) is 12.4 Å². The van der Waals surface area contributed by atoms with Crippen molar-refractivity contribution in [3.63, 3.8) is 0 Å². The molecule has 3 amide bonds. The fourth-order valence-electron chi connectivity index (χ4n) is 2.87. The average molecular weight is 349 g/mol. The highest BCUT2D eigenvalue weighted by molar-refractivity contribution is 5.91. The van der Waals surface area contributed by atoms with Crippen molar-refractivity contribution in [2.75, 3.05) is 7.05 Å². The summed E-state index contributed by atoms with van der Waals surface area (Å²) in [5.41, 5.74) is 2.50. The van der Waals surface area contributed by atoms with Crippen molar-refractivity contribution >= 4 is 17.7 Å². The van der Waals surface area contributed by atoms with Crippen LogP contribution in [-0.2, 0) is 20.8 Å². The Morgan fingerprint density at radius 1 is 1.00 bits per heavy atom. The summed E-state index contributed by atoms with van der Waals surface area (Å²) in [7, 11) is 1.51. The molecule has 0 fully saturated rings. The van der Waals surface area contributed by atoms with Gasteiger partial charge in [-0.25, -0.2) is 5.48 Å². The molecule has 0 bridgehead atoms. The Kier molecular flexibility index (Phi) is 8.07. The lowest BCUT2D eigenvalue weighted by atomic mass is 9.83. The van der Waals surface area contributed by atoms with E-state index in [1.165, 1.54) is 7.05 Å². The molecular weight excluding hydrogens is 322 g/mol. The van der Waals surface area contributed by atoms with E-state index < -0.39 is 29.7 Å². The fraction of sp³-hybridized carbons (Fsp3) is 0.500. The number of rotatable bonds is 8. The van der Waals surface area contributed by atoms with Crippen molar-refractivity contribution in [2.45, 2.75) is 33.2 Å². The molecule has 138 valence electrons. The number of hydroxylamine groups is 1. The van der Waals surface area contributed by atoms with Crippen LogP contribution in [0.5, 0.6) is 0 Å². The second-order valence-corrected chi connectivity index (χ2v) is 6.40. The van der Waals surface area contributed by atoms with Crippen molar-refractivity contribution in [1.29, 1.82) is 0 Å². The molecule has 25 heavy (non-hydrogen) atoms. The number of carbonyl (C=O) groups is 3. The molecule has 0 radical (unpaired) electrons. The minimum absolute atomic E-state index is 0.144. The molecule has 7 nitrogen and oxygen atoms in total. The third-order valence-corrected chi connectivity index (χ3v) is 4.25. The van der Waals surface area contributed by atoms with E-state index in [1.807, 2.05) is 44.2 Å². The predicted octanol–water partition coefficient (Wildman–Crippen LogP) is 0.874. The molecule has 0 aliphatic heterocycles. The van der Waals surface area contributed by atoms with Gasteiger partial charge in [0.2, 0.25) is 17.7 Å². The summed E-state index contributed by atoms with van der Waals surface area (Å²) in [5.74, 6) is -2.88. The van der Waals surface area contributed by atoms with Gasteiger partial charge in [-0.15, -0.1) is 0 Å². The standard InChI is InChI=1S/C18H27N3O4/c1-11(2)15(12(3)16(22)21-25)18(24)20-14(17(23)19-4)10-13-8-6-5-7-9-13/h5-9,11-12,14-15,25H,10H2,1-4H3,(H,19,23)(H,20,24)(H,21,22)/t12-,14-,15+/m0/s1. The zero-order valence-corrected chi connectivity index (χ0v) is 15.1. The lowest BCUT2D eigenvalue weighted by Crippen LogP contribution is -2.51. The smallest absolute Gasteiger partial charge is 0.246 e. The third-order valence-electron chi connectivity index (χ3n) is 4.25. The summed E-state index contributed by atoms with van der Waals surface area (Å²) in [4.78, 5) is 36.6. The fourth-order valence-corrected chi connectivity index (χ4v) is 2.87. The molecule has 1 aromatic carbocycles. The first kappa shape index (κ1) is 20.6. The first-order valence-electron chi connectivity index (χ1n) is 8.31. The van der Waals surface area contributed by atoms with Gasteiger partial charge in [0.25, 0.3) is 0 Å². The molecule has 7 heteroatoms. The number of nitrogens with one attached hydrogen (secondary N) is 3. The summed E-state index contributed by atoms with van der Waals surface area (Å²) >= 11 is 0. The molecule has 0 unspecified atom stereocenters. The quantitative estimate of drug-likeness (QED) is 0.413. The Bertz CT molecular complexity index is 589. The predicted molar refractivity (Wildman–Crippen MR) is 93.6 cm³/mol. The second kappa shape index (κ2) is 9.78. The van der Waals surface area contributed by atoms with Gasteiger partial charge in [-0.1, -0.05) is 51.1 Å². The van der Waals surface area contributed by atoms with E-state index >= 15 is 0 Å². The summed E-state index contributed by atoms with van der Waals surface area (Å²) in [6.45, 7) is 5.21. The molecule has 0 aliphatic rings. The minimum Gasteiger partial charge on any atom is -0.357 e. The van der Waals surface area contributed by atoms with Crippen LogP contribution in [0.2, 0.25) is 0 Å². The second-order valence-electron chi connectivity index (χ2n) is 6.40. The molecule has 0 aliphatic carbocycles. The lowest BCUT2D eigenvalue weighted by Gasteiger charge is -2.27. The maximum atomic E-state index is 12.7. The number of carbonyl (C=O) groups excluding carboxylic acids is 3. The summed E-state index contributed by atoms with van der Waals surface area (Å²) in [6, 6.07) is 8.62. The Morgan fingerprint density at radius 2 is 1.60 bits per heavy atom. The Labute approximate surface area is 148 Å².